The highest BCUT2D eigenvalue weighted by Crippen LogP contribution is 2.10. The molecule has 0 bridgehead atoms. The van der Waals surface area contributed by atoms with Gasteiger partial charge in [0.25, 0.3) is 5.91 Å². The molecule has 0 aliphatic heterocycles. The lowest BCUT2D eigenvalue weighted by atomic mass is 10.2. The van der Waals surface area contributed by atoms with Gasteiger partial charge in [-0.25, -0.2) is 0 Å². The molecule has 0 aromatic heterocycles. The number of nitrogens with one attached hydrogen (secondary N) is 2. The fourth-order valence-electron chi connectivity index (χ4n) is 1.67. The van der Waals surface area contributed by atoms with Crippen LogP contribution >= 0.6 is 0 Å². The summed E-state index contributed by atoms with van der Waals surface area (Å²) in [4.78, 5) is 33.6. The number of carbonyl (C=O) groups is 3. The molecule has 1 rings (SSSR count). The Kier molecular flexibility index (Phi) is 6.94. The third-order valence-electron chi connectivity index (χ3n) is 2.76. The molecule has 0 saturated carbocycles. The lowest BCUT2D eigenvalue weighted by molar-refractivity contribution is -0.137. The number of rotatable bonds is 8. The van der Waals surface area contributed by atoms with Gasteiger partial charge in [0.2, 0.25) is 5.91 Å². The SMILES string of the molecule is CCCNC(=O)c1ccc(NC(=O)CCCC(=O)O)cc1. The predicted octanol–water partition coefficient (Wildman–Crippen LogP) is 2.02. The Bertz CT molecular complexity index is 497. The average Bonchev–Trinajstić information content (AvgIpc) is 2.45. The molecule has 114 valence electrons. The summed E-state index contributed by atoms with van der Waals surface area (Å²) < 4.78 is 0. The minimum Gasteiger partial charge on any atom is -0.481 e. The summed E-state index contributed by atoms with van der Waals surface area (Å²) >= 11 is 0. The lowest BCUT2D eigenvalue weighted by Crippen LogP contribution is -2.23. The summed E-state index contributed by atoms with van der Waals surface area (Å²) in [6, 6.07) is 6.57. The van der Waals surface area contributed by atoms with Gasteiger partial charge < -0.3 is 15.7 Å². The zero-order valence-electron chi connectivity index (χ0n) is 12.0. The monoisotopic (exact) mass is 292 g/mol. The fourth-order valence-corrected chi connectivity index (χ4v) is 1.67. The van der Waals surface area contributed by atoms with Gasteiger partial charge in [0.1, 0.15) is 0 Å². The standard InChI is InChI=1S/C15H20N2O4/c1-2-10-16-15(21)11-6-8-12(9-7-11)17-13(18)4-3-5-14(19)20/h6-9H,2-5,10H2,1H3,(H,16,21)(H,17,18)(H,19,20). The molecule has 21 heavy (non-hydrogen) atoms. The highest BCUT2D eigenvalue weighted by molar-refractivity contribution is 5.95. The molecule has 6 heteroatoms. The Hall–Kier alpha value is -2.37. The van der Waals surface area contributed by atoms with Gasteiger partial charge in [-0.2, -0.15) is 0 Å². The van der Waals surface area contributed by atoms with Gasteiger partial charge in [0.15, 0.2) is 0 Å². The summed E-state index contributed by atoms with van der Waals surface area (Å²) in [5.41, 5.74) is 1.12. The van der Waals surface area contributed by atoms with Gasteiger partial charge in [0.05, 0.1) is 0 Å². The first-order chi connectivity index (χ1) is 10.0. The normalized spacial score (nSPS) is 9.95. The molecule has 2 amide bonds. The highest BCUT2D eigenvalue weighted by atomic mass is 16.4. The van der Waals surface area contributed by atoms with E-state index in [9.17, 15) is 14.4 Å². The maximum absolute atomic E-state index is 11.7. The van der Waals surface area contributed by atoms with E-state index in [1.807, 2.05) is 6.92 Å². The fraction of sp³-hybridized carbons (Fsp3) is 0.400. The first kappa shape index (κ1) is 16.7. The van der Waals surface area contributed by atoms with E-state index in [4.69, 9.17) is 5.11 Å². The zero-order valence-corrected chi connectivity index (χ0v) is 12.0. The van der Waals surface area contributed by atoms with E-state index in [-0.39, 0.29) is 24.7 Å². The summed E-state index contributed by atoms with van der Waals surface area (Å²) in [5.74, 6) is -1.29. The van der Waals surface area contributed by atoms with Crippen LogP contribution in [0.4, 0.5) is 5.69 Å². The van der Waals surface area contributed by atoms with Crippen molar-refractivity contribution in [1.82, 2.24) is 5.32 Å². The summed E-state index contributed by atoms with van der Waals surface area (Å²) in [5, 5.41) is 13.9. The second kappa shape index (κ2) is 8.73. The van der Waals surface area contributed by atoms with Crippen LogP contribution in [0.1, 0.15) is 43.0 Å². The number of anilines is 1. The smallest absolute Gasteiger partial charge is 0.303 e. The van der Waals surface area contributed by atoms with Gasteiger partial charge in [-0.05, 0) is 37.1 Å². The number of carbonyl (C=O) groups excluding carboxylic acids is 2. The van der Waals surface area contributed by atoms with Gasteiger partial charge in [0, 0.05) is 30.6 Å². The highest BCUT2D eigenvalue weighted by Gasteiger charge is 2.07. The third kappa shape index (κ3) is 6.56. The van der Waals surface area contributed by atoms with Crippen LogP contribution < -0.4 is 10.6 Å². The summed E-state index contributed by atoms with van der Waals surface area (Å²) in [7, 11) is 0. The van der Waals surface area contributed by atoms with Crippen molar-refractivity contribution in [3.05, 3.63) is 29.8 Å². The topological polar surface area (TPSA) is 95.5 Å². The van der Waals surface area contributed by atoms with Crippen LogP contribution in [0.2, 0.25) is 0 Å². The van der Waals surface area contributed by atoms with Crippen molar-refractivity contribution in [2.24, 2.45) is 0 Å². The lowest BCUT2D eigenvalue weighted by Gasteiger charge is -2.07. The number of hydrogen-bond acceptors (Lipinski definition) is 3. The second-order valence-electron chi connectivity index (χ2n) is 4.63. The molecule has 1 aromatic rings. The van der Waals surface area contributed by atoms with Crippen molar-refractivity contribution < 1.29 is 19.5 Å². The first-order valence-electron chi connectivity index (χ1n) is 6.93. The maximum Gasteiger partial charge on any atom is 0.303 e. The molecular formula is C15H20N2O4. The van der Waals surface area contributed by atoms with E-state index in [1.165, 1.54) is 0 Å². The van der Waals surface area contributed by atoms with Crippen LogP contribution in [0.15, 0.2) is 24.3 Å². The van der Waals surface area contributed by atoms with Crippen molar-refractivity contribution in [1.29, 1.82) is 0 Å². The largest absolute Gasteiger partial charge is 0.481 e. The van der Waals surface area contributed by atoms with E-state index in [2.05, 4.69) is 10.6 Å². The molecule has 6 nitrogen and oxygen atoms in total. The van der Waals surface area contributed by atoms with E-state index in [1.54, 1.807) is 24.3 Å². The van der Waals surface area contributed by atoms with Crippen molar-refractivity contribution >= 4 is 23.5 Å². The number of aliphatic carboxylic acids is 1. The number of hydrogen-bond donors (Lipinski definition) is 3. The number of carboxylic acids is 1. The van der Waals surface area contributed by atoms with Crippen LogP contribution in [0, 0.1) is 0 Å². The van der Waals surface area contributed by atoms with Crippen molar-refractivity contribution in [2.75, 3.05) is 11.9 Å². The Morgan fingerprint density at radius 1 is 1.10 bits per heavy atom. The molecule has 0 unspecified atom stereocenters. The van der Waals surface area contributed by atoms with Crippen molar-refractivity contribution in [2.45, 2.75) is 32.6 Å². The molecule has 0 atom stereocenters. The van der Waals surface area contributed by atoms with Crippen molar-refractivity contribution in [3.8, 4) is 0 Å². The Balaban J connectivity index is 2.45. The molecule has 0 heterocycles. The second-order valence-corrected chi connectivity index (χ2v) is 4.63. The van der Waals surface area contributed by atoms with Crippen LogP contribution in [0.5, 0.6) is 0 Å². The van der Waals surface area contributed by atoms with Crippen LogP contribution in [0.3, 0.4) is 0 Å². The number of amides is 2. The molecule has 0 saturated heterocycles. The summed E-state index contributed by atoms with van der Waals surface area (Å²) in [6.07, 6.45) is 1.31. The minimum absolute atomic E-state index is 0.0239. The van der Waals surface area contributed by atoms with Crippen LogP contribution in [0.25, 0.3) is 0 Å². The molecule has 1 aromatic carbocycles. The van der Waals surface area contributed by atoms with E-state index in [0.717, 1.165) is 6.42 Å². The molecule has 0 aliphatic carbocycles. The molecule has 3 N–H and O–H groups in total. The molecular weight excluding hydrogens is 272 g/mol. The van der Waals surface area contributed by atoms with E-state index in [0.29, 0.717) is 24.2 Å². The van der Waals surface area contributed by atoms with Gasteiger partial charge >= 0.3 is 5.97 Å². The van der Waals surface area contributed by atoms with E-state index >= 15 is 0 Å². The van der Waals surface area contributed by atoms with Crippen LogP contribution in [-0.2, 0) is 9.59 Å². The molecule has 0 spiro atoms. The van der Waals surface area contributed by atoms with Gasteiger partial charge in [-0.3, -0.25) is 14.4 Å². The molecule has 0 fully saturated rings. The van der Waals surface area contributed by atoms with Crippen molar-refractivity contribution in [3.63, 3.8) is 0 Å². The molecule has 0 aliphatic rings. The quantitative estimate of drug-likeness (QED) is 0.683. The third-order valence-corrected chi connectivity index (χ3v) is 2.76. The number of benzene rings is 1. The Morgan fingerprint density at radius 3 is 2.33 bits per heavy atom. The predicted molar refractivity (Wildman–Crippen MR) is 79.2 cm³/mol. The first-order valence-corrected chi connectivity index (χ1v) is 6.93. The van der Waals surface area contributed by atoms with E-state index < -0.39 is 5.97 Å². The zero-order chi connectivity index (χ0) is 15.7. The summed E-state index contributed by atoms with van der Waals surface area (Å²) in [6.45, 7) is 2.60. The number of carboxylic acid groups (broad SMARTS) is 1. The Morgan fingerprint density at radius 2 is 1.76 bits per heavy atom. The average molecular weight is 292 g/mol. The molecule has 0 radical (unpaired) electrons. The Labute approximate surface area is 123 Å². The maximum atomic E-state index is 11.7. The van der Waals surface area contributed by atoms with Crippen LogP contribution in [-0.4, -0.2) is 29.4 Å². The van der Waals surface area contributed by atoms with Gasteiger partial charge in [-0.15, -0.1) is 0 Å². The minimum atomic E-state index is -0.912. The van der Waals surface area contributed by atoms with Gasteiger partial charge in [-0.1, -0.05) is 6.92 Å².